The van der Waals surface area contributed by atoms with Crippen LogP contribution in [-0.4, -0.2) is 5.54 Å². The van der Waals surface area contributed by atoms with Gasteiger partial charge in [-0.1, -0.05) is 0 Å². The molecule has 52 valence electrons. The van der Waals surface area contributed by atoms with E-state index in [0.717, 1.165) is 6.42 Å². The zero-order valence-corrected chi connectivity index (χ0v) is 6.19. The molecule has 1 heterocycles. The Morgan fingerprint density at radius 2 is 2.22 bits per heavy atom. The minimum absolute atomic E-state index is 0.107. The quantitative estimate of drug-likeness (QED) is 0.470. The van der Waals surface area contributed by atoms with Gasteiger partial charge in [0.2, 0.25) is 0 Å². The zero-order chi connectivity index (χ0) is 7.07. The van der Waals surface area contributed by atoms with Crippen molar-refractivity contribution in [3.63, 3.8) is 0 Å². The molecule has 0 aromatic heterocycles. The maximum Gasteiger partial charge on any atom is 0.0998 e. The van der Waals surface area contributed by atoms with Gasteiger partial charge in [-0.2, -0.15) is 0 Å². The molecule has 2 heteroatoms. The minimum atomic E-state index is -0.107. The number of nitrogens with one attached hydrogen (secondary N) is 1. The van der Waals surface area contributed by atoms with Gasteiger partial charge in [-0.3, -0.25) is 0 Å². The van der Waals surface area contributed by atoms with Crippen molar-refractivity contribution in [2.24, 2.45) is 0 Å². The molecule has 1 rings (SSSR count). The standard InChI is InChI=1S/C7H13NO/c1-6-4-7(2,3)8(9)5-6/h5,8H,4H2,1-3H3. The third-order valence-electron chi connectivity index (χ3n) is 1.77. The van der Waals surface area contributed by atoms with Crippen LogP contribution < -0.4 is 5.06 Å². The lowest BCUT2D eigenvalue weighted by molar-refractivity contribution is -0.841. The second-order valence-corrected chi connectivity index (χ2v) is 3.42. The van der Waals surface area contributed by atoms with E-state index in [2.05, 4.69) is 0 Å². The molecule has 1 unspecified atom stereocenters. The molecule has 0 amide bonds. The first-order valence-electron chi connectivity index (χ1n) is 3.24. The first-order valence-corrected chi connectivity index (χ1v) is 3.24. The number of hydrogen-bond donors (Lipinski definition) is 1. The fourth-order valence-corrected chi connectivity index (χ4v) is 1.25. The molecule has 1 aliphatic rings. The van der Waals surface area contributed by atoms with Crippen molar-refractivity contribution >= 4 is 0 Å². The lowest BCUT2D eigenvalue weighted by Crippen LogP contribution is -3.09. The largest absolute Gasteiger partial charge is 0.629 e. The Morgan fingerprint density at radius 3 is 2.33 bits per heavy atom. The fourth-order valence-electron chi connectivity index (χ4n) is 1.25. The van der Waals surface area contributed by atoms with E-state index in [4.69, 9.17) is 0 Å². The van der Waals surface area contributed by atoms with Crippen LogP contribution in [0.3, 0.4) is 0 Å². The van der Waals surface area contributed by atoms with Crippen molar-refractivity contribution in [2.75, 3.05) is 0 Å². The van der Waals surface area contributed by atoms with Crippen molar-refractivity contribution in [1.29, 1.82) is 0 Å². The van der Waals surface area contributed by atoms with Gasteiger partial charge in [0.15, 0.2) is 0 Å². The van der Waals surface area contributed by atoms with Crippen molar-refractivity contribution < 1.29 is 5.06 Å². The summed E-state index contributed by atoms with van der Waals surface area (Å²) in [6, 6.07) is 0. The predicted molar refractivity (Wildman–Crippen MR) is 36.8 cm³/mol. The Labute approximate surface area is 55.7 Å². The first-order chi connectivity index (χ1) is 4.02. The molecule has 0 aromatic carbocycles. The monoisotopic (exact) mass is 127 g/mol. The average molecular weight is 127 g/mol. The van der Waals surface area contributed by atoms with Gasteiger partial charge < -0.3 is 10.3 Å². The number of hydrogen-bond acceptors (Lipinski definition) is 1. The molecule has 0 bridgehead atoms. The Hall–Kier alpha value is -0.340. The highest BCUT2D eigenvalue weighted by molar-refractivity contribution is 5.03. The summed E-state index contributed by atoms with van der Waals surface area (Å²) in [5.74, 6) is 0. The third kappa shape index (κ3) is 1.14. The Morgan fingerprint density at radius 1 is 1.67 bits per heavy atom. The summed E-state index contributed by atoms with van der Waals surface area (Å²) in [6.07, 6.45) is 2.69. The van der Waals surface area contributed by atoms with Gasteiger partial charge in [0, 0.05) is 6.42 Å². The van der Waals surface area contributed by atoms with Crippen LogP contribution in [-0.2, 0) is 0 Å². The van der Waals surface area contributed by atoms with E-state index in [0.29, 0.717) is 0 Å². The van der Waals surface area contributed by atoms with Crippen LogP contribution in [0.1, 0.15) is 27.2 Å². The summed E-state index contributed by atoms with van der Waals surface area (Å²) >= 11 is 0. The second kappa shape index (κ2) is 1.82. The molecule has 0 fully saturated rings. The molecule has 0 aliphatic carbocycles. The molecule has 1 atom stereocenters. The average Bonchev–Trinajstić information content (AvgIpc) is 1.79. The molecule has 9 heavy (non-hydrogen) atoms. The normalized spacial score (nSPS) is 32.4. The fraction of sp³-hybridized carbons (Fsp3) is 0.714. The number of rotatable bonds is 0. The van der Waals surface area contributed by atoms with Crippen molar-refractivity contribution in [2.45, 2.75) is 32.7 Å². The van der Waals surface area contributed by atoms with E-state index in [9.17, 15) is 5.21 Å². The second-order valence-electron chi connectivity index (χ2n) is 3.42. The van der Waals surface area contributed by atoms with E-state index in [-0.39, 0.29) is 10.6 Å². The predicted octanol–water partition coefficient (Wildman–Crippen LogP) is 0.455. The highest BCUT2D eigenvalue weighted by Gasteiger charge is 2.29. The van der Waals surface area contributed by atoms with Gasteiger partial charge in [-0.15, -0.1) is 0 Å². The molecule has 0 saturated heterocycles. The summed E-state index contributed by atoms with van der Waals surface area (Å²) in [4.78, 5) is 0. The summed E-state index contributed by atoms with van der Waals surface area (Å²) in [5, 5.41) is 11.3. The molecule has 2 nitrogen and oxygen atoms in total. The van der Waals surface area contributed by atoms with Crippen molar-refractivity contribution in [1.82, 2.24) is 0 Å². The van der Waals surface area contributed by atoms with Crippen LogP contribution in [0.5, 0.6) is 0 Å². The van der Waals surface area contributed by atoms with E-state index in [1.165, 1.54) is 5.57 Å². The molecule has 1 N–H and O–H groups in total. The maximum atomic E-state index is 11.0. The van der Waals surface area contributed by atoms with E-state index < -0.39 is 0 Å². The van der Waals surface area contributed by atoms with Gasteiger partial charge in [0.25, 0.3) is 0 Å². The SMILES string of the molecule is CC1=C[NH+]([O-])C(C)(C)C1. The van der Waals surface area contributed by atoms with Crippen molar-refractivity contribution in [3.05, 3.63) is 17.0 Å². The lowest BCUT2D eigenvalue weighted by Gasteiger charge is -2.29. The topological polar surface area (TPSA) is 27.5 Å². The minimum Gasteiger partial charge on any atom is -0.629 e. The Kier molecular flexibility index (Phi) is 1.37. The smallest absolute Gasteiger partial charge is 0.0998 e. The highest BCUT2D eigenvalue weighted by atomic mass is 16.5. The van der Waals surface area contributed by atoms with Gasteiger partial charge in [0.05, 0.1) is 11.7 Å². The Balaban J connectivity index is 2.71. The first kappa shape index (κ1) is 6.78. The lowest BCUT2D eigenvalue weighted by atomic mass is 10.0. The van der Waals surface area contributed by atoms with E-state index >= 15 is 0 Å². The van der Waals surface area contributed by atoms with E-state index in [1.54, 1.807) is 6.20 Å². The molecular formula is C7H13NO. The van der Waals surface area contributed by atoms with Crippen LogP contribution in [0.15, 0.2) is 11.8 Å². The highest BCUT2D eigenvalue weighted by Crippen LogP contribution is 2.15. The van der Waals surface area contributed by atoms with Crippen molar-refractivity contribution in [3.8, 4) is 0 Å². The third-order valence-corrected chi connectivity index (χ3v) is 1.77. The van der Waals surface area contributed by atoms with Crippen LogP contribution >= 0.6 is 0 Å². The van der Waals surface area contributed by atoms with Gasteiger partial charge in [-0.25, -0.2) is 0 Å². The number of quaternary nitrogens is 1. The molecule has 1 aliphatic heterocycles. The zero-order valence-electron chi connectivity index (χ0n) is 6.19. The molecule has 0 radical (unpaired) electrons. The van der Waals surface area contributed by atoms with Gasteiger partial charge in [0.1, 0.15) is 0 Å². The molecule has 0 aromatic rings. The summed E-state index contributed by atoms with van der Waals surface area (Å²) in [5.41, 5.74) is 1.11. The van der Waals surface area contributed by atoms with Gasteiger partial charge in [-0.05, 0) is 26.3 Å². The van der Waals surface area contributed by atoms with Crippen LogP contribution in [0.4, 0.5) is 0 Å². The Bertz CT molecular complexity index is 149. The van der Waals surface area contributed by atoms with Gasteiger partial charge >= 0.3 is 0 Å². The molecule has 0 saturated carbocycles. The summed E-state index contributed by atoms with van der Waals surface area (Å²) in [6.45, 7) is 5.98. The maximum absolute atomic E-state index is 11.0. The summed E-state index contributed by atoms with van der Waals surface area (Å²) in [7, 11) is 0. The molecule has 0 spiro atoms. The van der Waals surface area contributed by atoms with Crippen LogP contribution in [0.2, 0.25) is 0 Å². The summed E-state index contributed by atoms with van der Waals surface area (Å²) < 4.78 is 0. The van der Waals surface area contributed by atoms with Crippen LogP contribution in [0.25, 0.3) is 0 Å². The van der Waals surface area contributed by atoms with E-state index in [1.807, 2.05) is 20.8 Å². The number of hydroxylamine groups is 2. The molecular weight excluding hydrogens is 114 g/mol. The van der Waals surface area contributed by atoms with Crippen LogP contribution in [0, 0.1) is 5.21 Å².